The molecule has 0 radical (unpaired) electrons. The molecule has 1 saturated heterocycles. The lowest BCUT2D eigenvalue weighted by Crippen LogP contribution is -2.28. The molecule has 6 heteroatoms. The summed E-state index contributed by atoms with van der Waals surface area (Å²) in [5.74, 6) is 3.54. The lowest BCUT2D eigenvalue weighted by molar-refractivity contribution is 0.171. The Morgan fingerprint density at radius 1 is 1.04 bits per heavy atom. The Morgan fingerprint density at radius 2 is 1.81 bits per heavy atom. The van der Waals surface area contributed by atoms with E-state index in [1.165, 1.54) is 18.4 Å². The van der Waals surface area contributed by atoms with E-state index in [9.17, 15) is 0 Å². The molecule has 1 N–H and O–H groups in total. The third-order valence-electron chi connectivity index (χ3n) is 5.12. The largest absolute Gasteiger partial charge is 0.486 e. The second-order valence-electron chi connectivity index (χ2n) is 7.55. The van der Waals surface area contributed by atoms with Gasteiger partial charge in [0, 0.05) is 31.1 Å². The SMILES string of the molecule is CC(C)(CNc1cc(N2CCCC2)ncn1)c1ccc2c(c1)OCCO2. The van der Waals surface area contributed by atoms with Crippen LogP contribution in [0.15, 0.2) is 30.6 Å². The van der Waals surface area contributed by atoms with Gasteiger partial charge < -0.3 is 19.7 Å². The van der Waals surface area contributed by atoms with Gasteiger partial charge in [-0.2, -0.15) is 0 Å². The second-order valence-corrected chi connectivity index (χ2v) is 7.55. The van der Waals surface area contributed by atoms with Crippen LogP contribution < -0.4 is 19.7 Å². The van der Waals surface area contributed by atoms with Gasteiger partial charge in [0.25, 0.3) is 0 Å². The van der Waals surface area contributed by atoms with E-state index in [-0.39, 0.29) is 5.41 Å². The summed E-state index contributed by atoms with van der Waals surface area (Å²) in [5, 5.41) is 3.48. The summed E-state index contributed by atoms with van der Waals surface area (Å²) in [6, 6.07) is 8.25. The van der Waals surface area contributed by atoms with Gasteiger partial charge >= 0.3 is 0 Å². The first kappa shape index (κ1) is 16.9. The predicted molar refractivity (Wildman–Crippen MR) is 102 cm³/mol. The normalized spacial score (nSPS) is 16.6. The van der Waals surface area contributed by atoms with E-state index in [1.807, 2.05) is 12.1 Å². The molecule has 1 aromatic heterocycles. The van der Waals surface area contributed by atoms with Gasteiger partial charge in [0.2, 0.25) is 0 Å². The Bertz CT molecular complexity index is 772. The number of benzene rings is 1. The van der Waals surface area contributed by atoms with Crippen LogP contribution in [-0.2, 0) is 5.41 Å². The number of nitrogens with one attached hydrogen (secondary N) is 1. The maximum absolute atomic E-state index is 5.72. The van der Waals surface area contributed by atoms with Crippen molar-refractivity contribution in [1.82, 2.24) is 9.97 Å². The number of rotatable bonds is 5. The highest BCUT2D eigenvalue weighted by Crippen LogP contribution is 2.35. The smallest absolute Gasteiger partial charge is 0.161 e. The summed E-state index contributed by atoms with van der Waals surface area (Å²) < 4.78 is 11.3. The Balaban J connectivity index is 1.45. The first-order valence-electron chi connectivity index (χ1n) is 9.33. The Labute approximate surface area is 154 Å². The van der Waals surface area contributed by atoms with E-state index < -0.39 is 0 Å². The lowest BCUT2D eigenvalue weighted by atomic mass is 9.84. The van der Waals surface area contributed by atoms with Crippen LogP contribution in [0.1, 0.15) is 32.3 Å². The van der Waals surface area contributed by atoms with Crippen LogP contribution in [0.3, 0.4) is 0 Å². The molecule has 0 saturated carbocycles. The van der Waals surface area contributed by atoms with Crippen LogP contribution in [-0.4, -0.2) is 42.8 Å². The molecule has 0 amide bonds. The van der Waals surface area contributed by atoms with Gasteiger partial charge in [0.05, 0.1) is 0 Å². The average Bonchev–Trinajstić information content (AvgIpc) is 3.21. The first-order chi connectivity index (χ1) is 12.6. The van der Waals surface area contributed by atoms with E-state index in [0.29, 0.717) is 13.2 Å². The maximum atomic E-state index is 5.72. The molecule has 2 aliphatic heterocycles. The summed E-state index contributed by atoms with van der Waals surface area (Å²) in [6.45, 7) is 8.59. The minimum absolute atomic E-state index is 0.0748. The molecule has 1 aromatic carbocycles. The quantitative estimate of drug-likeness (QED) is 0.889. The Morgan fingerprint density at radius 3 is 2.62 bits per heavy atom. The van der Waals surface area contributed by atoms with Crippen molar-refractivity contribution in [1.29, 1.82) is 0 Å². The fourth-order valence-electron chi connectivity index (χ4n) is 3.44. The van der Waals surface area contributed by atoms with Crippen LogP contribution in [0.25, 0.3) is 0 Å². The fourth-order valence-corrected chi connectivity index (χ4v) is 3.44. The van der Waals surface area contributed by atoms with Crippen LogP contribution in [0, 0.1) is 0 Å². The zero-order valence-electron chi connectivity index (χ0n) is 15.5. The van der Waals surface area contributed by atoms with Crippen molar-refractivity contribution in [3.8, 4) is 11.5 Å². The molecular weight excluding hydrogens is 328 g/mol. The summed E-state index contributed by atoms with van der Waals surface area (Å²) in [5.41, 5.74) is 1.14. The highest BCUT2D eigenvalue weighted by molar-refractivity contribution is 5.50. The third-order valence-corrected chi connectivity index (χ3v) is 5.12. The molecule has 4 rings (SSSR count). The van der Waals surface area contributed by atoms with Crippen molar-refractivity contribution in [3.05, 3.63) is 36.2 Å². The zero-order valence-corrected chi connectivity index (χ0v) is 15.5. The van der Waals surface area contributed by atoms with Gasteiger partial charge in [0.15, 0.2) is 11.5 Å². The van der Waals surface area contributed by atoms with Gasteiger partial charge in [-0.1, -0.05) is 19.9 Å². The van der Waals surface area contributed by atoms with Crippen molar-refractivity contribution < 1.29 is 9.47 Å². The van der Waals surface area contributed by atoms with E-state index in [2.05, 4.69) is 46.2 Å². The number of hydrogen-bond acceptors (Lipinski definition) is 6. The van der Waals surface area contributed by atoms with Gasteiger partial charge in [0.1, 0.15) is 31.2 Å². The summed E-state index contributed by atoms with van der Waals surface area (Å²) in [4.78, 5) is 11.1. The monoisotopic (exact) mass is 354 g/mol. The van der Waals surface area contributed by atoms with E-state index in [1.54, 1.807) is 6.33 Å². The standard InChI is InChI=1S/C20H26N4O2/c1-20(2,15-5-6-16-17(11-15)26-10-9-25-16)13-21-18-12-19(23-14-22-18)24-7-3-4-8-24/h5-6,11-12,14H,3-4,7-10,13H2,1-2H3,(H,21,22,23). The molecule has 138 valence electrons. The van der Waals surface area contributed by atoms with Gasteiger partial charge in [-0.3, -0.25) is 0 Å². The van der Waals surface area contributed by atoms with Crippen molar-refractivity contribution in [2.24, 2.45) is 0 Å². The van der Waals surface area contributed by atoms with Crippen molar-refractivity contribution >= 4 is 11.6 Å². The second kappa shape index (κ2) is 7.02. The third kappa shape index (κ3) is 3.54. The molecule has 26 heavy (non-hydrogen) atoms. The number of anilines is 2. The van der Waals surface area contributed by atoms with E-state index >= 15 is 0 Å². The van der Waals surface area contributed by atoms with Gasteiger partial charge in [-0.05, 0) is 30.5 Å². The Hall–Kier alpha value is -2.50. The van der Waals surface area contributed by atoms with Crippen LogP contribution >= 0.6 is 0 Å². The van der Waals surface area contributed by atoms with Gasteiger partial charge in [-0.25, -0.2) is 9.97 Å². The molecule has 2 aromatic rings. The van der Waals surface area contributed by atoms with E-state index in [4.69, 9.17) is 9.47 Å². The van der Waals surface area contributed by atoms with Crippen LogP contribution in [0.4, 0.5) is 11.6 Å². The van der Waals surface area contributed by atoms with Crippen molar-refractivity contribution in [3.63, 3.8) is 0 Å². The molecule has 1 fully saturated rings. The molecule has 3 heterocycles. The number of nitrogens with zero attached hydrogens (tertiary/aromatic N) is 3. The predicted octanol–water partition coefficient (Wildman–Crippen LogP) is 3.24. The topological polar surface area (TPSA) is 59.5 Å². The maximum Gasteiger partial charge on any atom is 0.161 e. The minimum Gasteiger partial charge on any atom is -0.486 e. The minimum atomic E-state index is -0.0748. The number of aromatic nitrogens is 2. The molecule has 0 atom stereocenters. The highest BCUT2D eigenvalue weighted by Gasteiger charge is 2.24. The molecule has 0 bridgehead atoms. The molecule has 2 aliphatic rings. The van der Waals surface area contributed by atoms with Crippen molar-refractivity contribution in [2.75, 3.05) is 43.1 Å². The summed E-state index contributed by atoms with van der Waals surface area (Å²) in [6.07, 6.45) is 4.13. The zero-order chi connectivity index (χ0) is 18.0. The first-order valence-corrected chi connectivity index (χ1v) is 9.33. The number of ether oxygens (including phenoxy) is 2. The van der Waals surface area contributed by atoms with E-state index in [0.717, 1.165) is 42.8 Å². The number of fused-ring (bicyclic) bond motifs is 1. The molecule has 6 nitrogen and oxygen atoms in total. The van der Waals surface area contributed by atoms with Crippen LogP contribution in [0.5, 0.6) is 11.5 Å². The molecule has 0 unspecified atom stereocenters. The highest BCUT2D eigenvalue weighted by atomic mass is 16.6. The van der Waals surface area contributed by atoms with Crippen molar-refractivity contribution in [2.45, 2.75) is 32.1 Å². The van der Waals surface area contributed by atoms with Gasteiger partial charge in [-0.15, -0.1) is 0 Å². The lowest BCUT2D eigenvalue weighted by Gasteiger charge is -2.28. The van der Waals surface area contributed by atoms with Crippen LogP contribution in [0.2, 0.25) is 0 Å². The fraction of sp³-hybridized carbons (Fsp3) is 0.500. The molecule has 0 aliphatic carbocycles. The molecular formula is C20H26N4O2. The summed E-state index contributed by atoms with van der Waals surface area (Å²) >= 11 is 0. The summed E-state index contributed by atoms with van der Waals surface area (Å²) in [7, 11) is 0. The molecule has 0 spiro atoms. The average molecular weight is 354 g/mol. The Kier molecular flexibility index (Phi) is 4.57. The number of hydrogen-bond donors (Lipinski definition) is 1.